The summed E-state index contributed by atoms with van der Waals surface area (Å²) in [5.41, 5.74) is 0. The van der Waals surface area contributed by atoms with E-state index >= 15 is 0 Å². The number of hydrogen-bond donors (Lipinski definition) is 0. The topological polar surface area (TPSA) is 12.5 Å². The van der Waals surface area contributed by atoms with E-state index in [4.69, 9.17) is 4.74 Å². The van der Waals surface area contributed by atoms with Crippen molar-refractivity contribution in [1.82, 2.24) is 4.90 Å². The van der Waals surface area contributed by atoms with Gasteiger partial charge in [-0.05, 0) is 34.6 Å². The molecule has 3 aromatic rings. The predicted molar refractivity (Wildman–Crippen MR) is 121 cm³/mol. The Labute approximate surface area is 169 Å². The molecule has 1 fully saturated rings. The van der Waals surface area contributed by atoms with E-state index in [0.29, 0.717) is 0 Å². The van der Waals surface area contributed by atoms with Crippen molar-refractivity contribution < 1.29 is 4.74 Å². The largest absolute Gasteiger partial charge is 0.379 e. The molecule has 1 saturated heterocycles. The maximum absolute atomic E-state index is 5.52. The van der Waals surface area contributed by atoms with Gasteiger partial charge in [-0.2, -0.15) is 0 Å². The normalized spacial score (nSPS) is 15.4. The van der Waals surface area contributed by atoms with E-state index in [1.807, 2.05) is 0 Å². The van der Waals surface area contributed by atoms with Crippen molar-refractivity contribution in [3.63, 3.8) is 0 Å². The van der Waals surface area contributed by atoms with Crippen LogP contribution in [0, 0.1) is 0 Å². The minimum Gasteiger partial charge on any atom is -0.379 e. The second-order valence-corrected chi connectivity index (χ2v) is 11.6. The highest BCUT2D eigenvalue weighted by Gasteiger charge is 2.38. The van der Waals surface area contributed by atoms with Gasteiger partial charge in [-0.25, -0.2) is 0 Å². The van der Waals surface area contributed by atoms with Gasteiger partial charge < -0.3 is 4.74 Å². The summed E-state index contributed by atoms with van der Waals surface area (Å²) in [6, 6.07) is 34.9. The average Bonchev–Trinajstić information content (AvgIpc) is 2.79. The third-order valence-electron chi connectivity index (χ3n) is 5.93. The Balaban J connectivity index is 1.72. The van der Waals surface area contributed by atoms with E-state index in [9.17, 15) is 0 Å². The lowest BCUT2D eigenvalue weighted by Gasteiger charge is -2.35. The molecule has 3 aromatic carbocycles. The van der Waals surface area contributed by atoms with Crippen LogP contribution in [0.5, 0.6) is 0 Å². The Morgan fingerprint density at radius 1 is 0.643 bits per heavy atom. The molecule has 0 saturated carbocycles. The second-order valence-electron chi connectivity index (χ2n) is 7.56. The lowest BCUT2D eigenvalue weighted by molar-refractivity contribution is 0.0380. The van der Waals surface area contributed by atoms with E-state index in [0.717, 1.165) is 32.8 Å². The molecule has 0 unspecified atom stereocenters. The number of rotatable bonds is 7. The molecule has 0 N–H and O–H groups in total. The summed E-state index contributed by atoms with van der Waals surface area (Å²) in [6.45, 7) is 5.04. The zero-order valence-corrected chi connectivity index (χ0v) is 17.5. The SMILES string of the molecule is c1ccc([Si](CCCN2CCOCC2)(c2ccccc2)c2ccccc2)cc1. The van der Waals surface area contributed by atoms with Crippen LogP contribution in [-0.4, -0.2) is 45.8 Å². The number of morpholine rings is 1. The number of benzene rings is 3. The molecular formula is C25H29NOSi. The van der Waals surface area contributed by atoms with Crippen LogP contribution >= 0.6 is 0 Å². The highest BCUT2D eigenvalue weighted by atomic mass is 28.3. The summed E-state index contributed by atoms with van der Waals surface area (Å²) >= 11 is 0. The molecule has 4 rings (SSSR count). The molecule has 2 nitrogen and oxygen atoms in total. The van der Waals surface area contributed by atoms with Crippen LogP contribution in [-0.2, 0) is 4.74 Å². The molecule has 0 aliphatic carbocycles. The van der Waals surface area contributed by atoms with Crippen LogP contribution in [0.3, 0.4) is 0 Å². The Hall–Kier alpha value is -2.20. The highest BCUT2D eigenvalue weighted by Crippen LogP contribution is 2.16. The summed E-state index contributed by atoms with van der Waals surface area (Å²) in [6.07, 6.45) is 1.21. The molecule has 1 aliphatic rings. The fourth-order valence-corrected chi connectivity index (χ4v) is 9.33. The average molecular weight is 388 g/mol. The molecule has 28 heavy (non-hydrogen) atoms. The maximum Gasteiger partial charge on any atom is 0.148 e. The number of ether oxygens (including phenoxy) is 1. The molecule has 0 amide bonds. The van der Waals surface area contributed by atoms with Gasteiger partial charge in [0.05, 0.1) is 13.2 Å². The molecule has 1 heterocycles. The first-order valence-electron chi connectivity index (χ1n) is 10.4. The van der Waals surface area contributed by atoms with E-state index in [2.05, 4.69) is 95.9 Å². The predicted octanol–water partition coefficient (Wildman–Crippen LogP) is 2.88. The molecule has 144 valence electrons. The summed E-state index contributed by atoms with van der Waals surface area (Å²) in [7, 11) is -2.07. The quantitative estimate of drug-likeness (QED) is 0.457. The van der Waals surface area contributed by atoms with Gasteiger partial charge in [0.2, 0.25) is 0 Å². The van der Waals surface area contributed by atoms with Crippen LogP contribution in [0.4, 0.5) is 0 Å². The third-order valence-corrected chi connectivity index (χ3v) is 11.0. The van der Waals surface area contributed by atoms with Gasteiger partial charge in [0.25, 0.3) is 0 Å². The first-order valence-corrected chi connectivity index (χ1v) is 12.6. The fourth-order valence-electron chi connectivity index (χ4n) is 4.49. The van der Waals surface area contributed by atoms with Gasteiger partial charge in [0.1, 0.15) is 8.07 Å². The first kappa shape index (κ1) is 19.1. The Kier molecular flexibility index (Phi) is 6.37. The van der Waals surface area contributed by atoms with Crippen LogP contribution in [0.2, 0.25) is 6.04 Å². The van der Waals surface area contributed by atoms with Gasteiger partial charge in [-0.1, -0.05) is 91.0 Å². The van der Waals surface area contributed by atoms with Crippen molar-refractivity contribution in [2.24, 2.45) is 0 Å². The van der Waals surface area contributed by atoms with Crippen molar-refractivity contribution >= 4 is 23.6 Å². The van der Waals surface area contributed by atoms with Gasteiger partial charge in [0.15, 0.2) is 0 Å². The second kappa shape index (κ2) is 9.33. The maximum atomic E-state index is 5.52. The van der Waals surface area contributed by atoms with Crippen molar-refractivity contribution in [1.29, 1.82) is 0 Å². The minimum atomic E-state index is -2.07. The van der Waals surface area contributed by atoms with Gasteiger partial charge in [-0.15, -0.1) is 0 Å². The van der Waals surface area contributed by atoms with Gasteiger partial charge >= 0.3 is 0 Å². The summed E-state index contributed by atoms with van der Waals surface area (Å²) in [5.74, 6) is 0. The van der Waals surface area contributed by atoms with E-state index in [-0.39, 0.29) is 0 Å². The molecule has 0 spiro atoms. The standard InChI is InChI=1S/C25H29NOSi/c1-4-11-23(12-5-1)28(24-13-6-2-7-14-24,25-15-8-3-9-16-25)22-10-17-26-18-20-27-21-19-26/h1-9,11-16H,10,17-22H2. The minimum absolute atomic E-state index is 0.874. The van der Waals surface area contributed by atoms with E-state index < -0.39 is 8.07 Å². The lowest BCUT2D eigenvalue weighted by atomic mass is 10.3. The number of hydrogen-bond acceptors (Lipinski definition) is 2. The van der Waals surface area contributed by atoms with E-state index in [1.165, 1.54) is 28.0 Å². The Morgan fingerprint density at radius 2 is 1.07 bits per heavy atom. The first-order chi connectivity index (χ1) is 13.9. The fraction of sp³-hybridized carbons (Fsp3) is 0.280. The monoisotopic (exact) mass is 387 g/mol. The zero-order chi connectivity index (χ0) is 19.1. The van der Waals surface area contributed by atoms with Crippen molar-refractivity contribution in [2.75, 3.05) is 32.8 Å². The number of nitrogens with zero attached hydrogens (tertiary/aromatic N) is 1. The van der Waals surface area contributed by atoms with Crippen LogP contribution in [0.1, 0.15) is 6.42 Å². The van der Waals surface area contributed by atoms with Gasteiger partial charge in [0, 0.05) is 13.1 Å². The summed E-state index contributed by atoms with van der Waals surface area (Å²) < 4.78 is 5.52. The molecule has 0 atom stereocenters. The zero-order valence-electron chi connectivity index (χ0n) is 16.5. The van der Waals surface area contributed by atoms with Crippen LogP contribution < -0.4 is 15.6 Å². The van der Waals surface area contributed by atoms with Gasteiger partial charge in [-0.3, -0.25) is 4.90 Å². The molecule has 0 aromatic heterocycles. The molecule has 1 aliphatic heterocycles. The Morgan fingerprint density at radius 3 is 1.50 bits per heavy atom. The van der Waals surface area contributed by atoms with Crippen LogP contribution in [0.25, 0.3) is 0 Å². The summed E-state index contributed by atoms with van der Waals surface area (Å²) in [5, 5.41) is 4.53. The summed E-state index contributed by atoms with van der Waals surface area (Å²) in [4.78, 5) is 2.56. The molecule has 0 radical (unpaired) electrons. The highest BCUT2D eigenvalue weighted by molar-refractivity contribution is 7.11. The molecule has 3 heteroatoms. The smallest absolute Gasteiger partial charge is 0.148 e. The lowest BCUT2D eigenvalue weighted by Crippen LogP contribution is -2.67. The molecular weight excluding hydrogens is 358 g/mol. The van der Waals surface area contributed by atoms with Crippen LogP contribution in [0.15, 0.2) is 91.0 Å². The van der Waals surface area contributed by atoms with E-state index in [1.54, 1.807) is 0 Å². The van der Waals surface area contributed by atoms with Crippen molar-refractivity contribution in [3.8, 4) is 0 Å². The third kappa shape index (κ3) is 4.12. The van der Waals surface area contributed by atoms with Crippen molar-refractivity contribution in [2.45, 2.75) is 12.5 Å². The Bertz CT molecular complexity index is 736. The molecule has 0 bridgehead atoms. The van der Waals surface area contributed by atoms with Crippen molar-refractivity contribution in [3.05, 3.63) is 91.0 Å².